The second-order valence-corrected chi connectivity index (χ2v) is 6.56. The highest BCUT2D eigenvalue weighted by Crippen LogP contribution is 2.17. The molecule has 1 fully saturated rings. The van der Waals surface area contributed by atoms with Crippen molar-refractivity contribution < 1.29 is 9.32 Å². The molecule has 3 aromatic rings. The first kappa shape index (κ1) is 18.1. The quantitative estimate of drug-likeness (QED) is 0.706. The second-order valence-electron chi connectivity index (χ2n) is 6.56. The van der Waals surface area contributed by atoms with E-state index in [0.717, 1.165) is 37.6 Å². The van der Waals surface area contributed by atoms with Crippen LogP contribution in [0.2, 0.25) is 0 Å². The maximum Gasteiger partial charge on any atom is 0.255 e. The molecule has 1 aliphatic heterocycles. The number of anilines is 1. The fraction of sp³-hybridized carbons (Fsp3) is 0.316. The molecule has 0 aliphatic carbocycles. The zero-order valence-electron chi connectivity index (χ0n) is 15.6. The zero-order chi connectivity index (χ0) is 19.3. The predicted octanol–water partition coefficient (Wildman–Crippen LogP) is 1.21. The molecule has 0 saturated carbocycles. The molecule has 1 saturated heterocycles. The van der Waals surface area contributed by atoms with E-state index in [4.69, 9.17) is 4.52 Å². The molecule has 9 nitrogen and oxygen atoms in total. The SMILES string of the molecule is CN(Cc1nc(-c2cccnc2)no1)c1ccc(C(=O)N2CCNCC2)cn1. The lowest BCUT2D eigenvalue weighted by Crippen LogP contribution is -2.46. The fourth-order valence-electron chi connectivity index (χ4n) is 3.00. The second kappa shape index (κ2) is 8.13. The summed E-state index contributed by atoms with van der Waals surface area (Å²) in [5, 5.41) is 7.23. The van der Waals surface area contributed by atoms with E-state index in [1.54, 1.807) is 24.7 Å². The summed E-state index contributed by atoms with van der Waals surface area (Å²) in [4.78, 5) is 29.1. The molecule has 4 heterocycles. The molecule has 1 aliphatic rings. The van der Waals surface area contributed by atoms with Crippen molar-refractivity contribution in [3.8, 4) is 11.4 Å². The number of hydrogen-bond donors (Lipinski definition) is 1. The van der Waals surface area contributed by atoms with Crippen molar-refractivity contribution >= 4 is 11.7 Å². The van der Waals surface area contributed by atoms with E-state index in [-0.39, 0.29) is 5.91 Å². The molecule has 0 radical (unpaired) electrons. The van der Waals surface area contributed by atoms with Crippen molar-refractivity contribution in [2.75, 3.05) is 38.1 Å². The van der Waals surface area contributed by atoms with Crippen molar-refractivity contribution in [1.82, 2.24) is 30.3 Å². The molecule has 144 valence electrons. The Balaban J connectivity index is 1.40. The molecule has 0 aromatic carbocycles. The number of carbonyl (C=O) groups is 1. The van der Waals surface area contributed by atoms with Gasteiger partial charge < -0.3 is 19.6 Å². The van der Waals surface area contributed by atoms with Crippen LogP contribution in [0.15, 0.2) is 47.4 Å². The van der Waals surface area contributed by atoms with Gasteiger partial charge in [0.05, 0.1) is 12.1 Å². The van der Waals surface area contributed by atoms with Gasteiger partial charge in [0.1, 0.15) is 5.82 Å². The summed E-state index contributed by atoms with van der Waals surface area (Å²) >= 11 is 0. The minimum Gasteiger partial charge on any atom is -0.350 e. The molecule has 0 bridgehead atoms. The number of nitrogens with one attached hydrogen (secondary N) is 1. The minimum atomic E-state index is 0.0150. The van der Waals surface area contributed by atoms with Crippen LogP contribution < -0.4 is 10.2 Å². The van der Waals surface area contributed by atoms with Crippen LogP contribution in [0.4, 0.5) is 5.82 Å². The standard InChI is InChI=1S/C19H21N7O2/c1-25(13-17-23-18(24-28-17)14-3-2-6-21-11-14)16-5-4-15(12-22-16)19(27)26-9-7-20-8-10-26/h2-6,11-12,20H,7-10,13H2,1H3. The number of piperazine rings is 1. The number of amides is 1. The topological polar surface area (TPSA) is 100 Å². The Kier molecular flexibility index (Phi) is 5.24. The molecular weight excluding hydrogens is 358 g/mol. The molecule has 1 N–H and O–H groups in total. The Bertz CT molecular complexity index is 921. The molecule has 0 atom stereocenters. The number of aromatic nitrogens is 4. The molecule has 4 rings (SSSR count). The summed E-state index contributed by atoms with van der Waals surface area (Å²) in [5.74, 6) is 1.71. The molecule has 28 heavy (non-hydrogen) atoms. The molecule has 0 spiro atoms. The fourth-order valence-corrected chi connectivity index (χ4v) is 3.00. The molecule has 9 heteroatoms. The Hall–Kier alpha value is -3.33. The van der Waals surface area contributed by atoms with Gasteiger partial charge in [-0.3, -0.25) is 9.78 Å². The van der Waals surface area contributed by atoms with Crippen molar-refractivity contribution in [2.45, 2.75) is 6.54 Å². The van der Waals surface area contributed by atoms with Crippen LogP contribution in [0.3, 0.4) is 0 Å². The number of rotatable bonds is 5. The van der Waals surface area contributed by atoms with E-state index in [2.05, 4.69) is 25.4 Å². The average Bonchev–Trinajstić information content (AvgIpc) is 3.23. The van der Waals surface area contributed by atoms with Crippen LogP contribution in [0.25, 0.3) is 11.4 Å². The minimum absolute atomic E-state index is 0.0150. The lowest BCUT2D eigenvalue weighted by atomic mass is 10.2. The summed E-state index contributed by atoms with van der Waals surface area (Å²) in [6.07, 6.45) is 5.00. The highest BCUT2D eigenvalue weighted by Gasteiger charge is 2.18. The first-order valence-corrected chi connectivity index (χ1v) is 9.11. The van der Waals surface area contributed by atoms with Crippen LogP contribution in [-0.2, 0) is 6.54 Å². The molecular formula is C19H21N7O2. The maximum atomic E-state index is 12.5. The average molecular weight is 379 g/mol. The summed E-state index contributed by atoms with van der Waals surface area (Å²) in [6.45, 7) is 3.50. The van der Waals surface area contributed by atoms with Crippen LogP contribution in [0, 0.1) is 0 Å². The normalized spacial score (nSPS) is 14.1. The van der Waals surface area contributed by atoms with Gasteiger partial charge in [0.15, 0.2) is 0 Å². The molecule has 0 unspecified atom stereocenters. The number of carbonyl (C=O) groups excluding carboxylic acids is 1. The summed E-state index contributed by atoms with van der Waals surface area (Å²) in [5.41, 5.74) is 1.39. The van der Waals surface area contributed by atoms with E-state index >= 15 is 0 Å². The van der Waals surface area contributed by atoms with Crippen molar-refractivity contribution in [3.63, 3.8) is 0 Å². The molecule has 1 amide bonds. The van der Waals surface area contributed by atoms with E-state index in [1.807, 2.05) is 35.0 Å². The van der Waals surface area contributed by atoms with Crippen LogP contribution in [-0.4, -0.2) is 64.1 Å². The van der Waals surface area contributed by atoms with Crippen LogP contribution >= 0.6 is 0 Å². The van der Waals surface area contributed by atoms with Crippen LogP contribution in [0.1, 0.15) is 16.2 Å². The van der Waals surface area contributed by atoms with Gasteiger partial charge in [0.25, 0.3) is 5.91 Å². The molecule has 3 aromatic heterocycles. The van der Waals surface area contributed by atoms with Crippen molar-refractivity contribution in [2.24, 2.45) is 0 Å². The van der Waals surface area contributed by atoms with Gasteiger partial charge in [0, 0.05) is 57.4 Å². The number of pyridine rings is 2. The lowest BCUT2D eigenvalue weighted by Gasteiger charge is -2.27. The van der Waals surface area contributed by atoms with Gasteiger partial charge in [-0.15, -0.1) is 0 Å². The third kappa shape index (κ3) is 3.99. The van der Waals surface area contributed by atoms with Gasteiger partial charge in [-0.1, -0.05) is 5.16 Å². The number of nitrogens with zero attached hydrogens (tertiary/aromatic N) is 6. The van der Waals surface area contributed by atoms with Gasteiger partial charge in [0.2, 0.25) is 11.7 Å². The third-order valence-corrected chi connectivity index (χ3v) is 4.55. The summed E-state index contributed by atoms with van der Waals surface area (Å²) in [6, 6.07) is 7.33. The smallest absolute Gasteiger partial charge is 0.255 e. The van der Waals surface area contributed by atoms with Crippen LogP contribution in [0.5, 0.6) is 0 Å². The van der Waals surface area contributed by atoms with Gasteiger partial charge in [-0.25, -0.2) is 4.98 Å². The van der Waals surface area contributed by atoms with Gasteiger partial charge >= 0.3 is 0 Å². The number of hydrogen-bond acceptors (Lipinski definition) is 8. The third-order valence-electron chi connectivity index (χ3n) is 4.55. The Morgan fingerprint density at radius 3 is 2.82 bits per heavy atom. The predicted molar refractivity (Wildman–Crippen MR) is 103 cm³/mol. The van der Waals surface area contributed by atoms with Gasteiger partial charge in [-0.2, -0.15) is 4.98 Å². The lowest BCUT2D eigenvalue weighted by molar-refractivity contribution is 0.0735. The van der Waals surface area contributed by atoms with Crippen molar-refractivity contribution in [3.05, 3.63) is 54.3 Å². The first-order valence-electron chi connectivity index (χ1n) is 9.11. The first-order chi connectivity index (χ1) is 13.7. The highest BCUT2D eigenvalue weighted by molar-refractivity contribution is 5.94. The van der Waals surface area contributed by atoms with E-state index in [1.165, 1.54) is 0 Å². The van der Waals surface area contributed by atoms with E-state index in [9.17, 15) is 4.79 Å². The Labute approximate surface area is 162 Å². The Morgan fingerprint density at radius 1 is 1.25 bits per heavy atom. The largest absolute Gasteiger partial charge is 0.350 e. The highest BCUT2D eigenvalue weighted by atomic mass is 16.5. The van der Waals surface area contributed by atoms with Crippen molar-refractivity contribution in [1.29, 1.82) is 0 Å². The van der Waals surface area contributed by atoms with Gasteiger partial charge in [-0.05, 0) is 24.3 Å². The van der Waals surface area contributed by atoms with E-state index < -0.39 is 0 Å². The summed E-state index contributed by atoms with van der Waals surface area (Å²) < 4.78 is 5.33. The zero-order valence-corrected chi connectivity index (χ0v) is 15.6. The summed E-state index contributed by atoms with van der Waals surface area (Å²) in [7, 11) is 1.88. The maximum absolute atomic E-state index is 12.5. The van der Waals surface area contributed by atoms with E-state index in [0.29, 0.717) is 23.8 Å². The monoisotopic (exact) mass is 379 g/mol. The Morgan fingerprint density at radius 2 is 2.11 bits per heavy atom.